The smallest absolute Gasteiger partial charge is 0.251 e. The lowest BCUT2D eigenvalue weighted by molar-refractivity contribution is 0.0951. The molecular weight excluding hydrogens is 703 g/mol. The third-order valence-corrected chi connectivity index (χ3v) is 11.6. The van der Waals surface area contributed by atoms with E-state index < -0.39 is 0 Å². The largest absolute Gasteiger partial charge is 0.490 e. The van der Waals surface area contributed by atoms with Gasteiger partial charge in [-0.15, -0.1) is 0 Å². The van der Waals surface area contributed by atoms with Gasteiger partial charge in [-0.1, -0.05) is 213 Å². The van der Waals surface area contributed by atoms with E-state index >= 15 is 0 Å². The summed E-state index contributed by atoms with van der Waals surface area (Å²) < 4.78 is 12.8. The zero-order chi connectivity index (χ0) is 40.9. The van der Waals surface area contributed by atoms with Gasteiger partial charge in [-0.05, 0) is 61.2 Å². The molecule has 326 valence electrons. The maximum atomic E-state index is 12.9. The maximum Gasteiger partial charge on any atom is 0.251 e. The molecule has 0 aliphatic heterocycles. The number of aryl methyl sites for hydroxylation is 1. The van der Waals surface area contributed by atoms with E-state index in [0.717, 1.165) is 41.2 Å². The molecule has 6 heteroatoms. The molecule has 1 amide bonds. The van der Waals surface area contributed by atoms with Gasteiger partial charge in [0.1, 0.15) is 0 Å². The summed E-state index contributed by atoms with van der Waals surface area (Å²) in [7, 11) is 0. The van der Waals surface area contributed by atoms with Crippen LogP contribution in [0.15, 0.2) is 36.4 Å². The number of unbranched alkanes of at least 4 members (excludes halogenated alkanes) is 30. The Hall–Kier alpha value is -2.73. The molecule has 0 aromatic heterocycles. The molecule has 6 nitrogen and oxygen atoms in total. The van der Waals surface area contributed by atoms with Crippen LogP contribution < -0.4 is 26.1 Å². The molecule has 4 N–H and O–H groups in total. The Kier molecular flexibility index (Phi) is 32.2. The Balaban J connectivity index is 1.68. The Morgan fingerprint density at radius 3 is 1.26 bits per heavy atom. The van der Waals surface area contributed by atoms with Crippen LogP contribution in [0.5, 0.6) is 11.5 Å². The number of ether oxygens (including phenoxy) is 2. The summed E-state index contributed by atoms with van der Waals surface area (Å²) in [6, 6.07) is 11.3. The molecule has 0 saturated heterocycles. The van der Waals surface area contributed by atoms with Crippen molar-refractivity contribution in [1.82, 2.24) is 5.32 Å². The van der Waals surface area contributed by atoms with Crippen molar-refractivity contribution in [2.24, 2.45) is 5.84 Å². The van der Waals surface area contributed by atoms with E-state index in [0.29, 0.717) is 25.3 Å². The first-order valence-corrected chi connectivity index (χ1v) is 24.3. The summed E-state index contributed by atoms with van der Waals surface area (Å²) in [4.78, 5) is 12.9. The molecule has 2 aromatic rings. The van der Waals surface area contributed by atoms with Crippen molar-refractivity contribution in [3.63, 3.8) is 0 Å². The first kappa shape index (κ1) is 50.4. The number of carbonyl (C=O) groups excluding carboxylic acids is 1. The zero-order valence-corrected chi connectivity index (χ0v) is 37.5. The standard InChI is InChI=1S/C51H89N3O3/c1-4-6-8-10-12-14-16-18-20-22-24-26-28-30-32-34-40-56-49-43-46(44-53-51(55)47-36-38-48(54-52)39-37-47)42-45(3)50(49)57-41-35-33-31-29-27-25-23-21-19-17-15-13-11-9-7-5-2/h36-39,42-43,54H,4-35,40-41,44,52H2,1-3H3,(H,53,55). The number of amides is 1. The molecule has 0 radical (unpaired) electrons. The highest BCUT2D eigenvalue weighted by molar-refractivity contribution is 5.94. The van der Waals surface area contributed by atoms with Gasteiger partial charge in [-0.3, -0.25) is 10.6 Å². The quantitative estimate of drug-likeness (QED) is 0.0355. The third-order valence-electron chi connectivity index (χ3n) is 11.6. The SMILES string of the molecule is CCCCCCCCCCCCCCCCCCOc1cc(CNC(=O)c2ccc(NN)cc2)cc(C)c1OCCCCCCCCCCCCCCCCCC. The van der Waals surface area contributed by atoms with E-state index in [1.54, 1.807) is 24.3 Å². The van der Waals surface area contributed by atoms with E-state index in [9.17, 15) is 4.79 Å². The number of hydrogen-bond donors (Lipinski definition) is 3. The number of hydrazine groups is 1. The summed E-state index contributed by atoms with van der Waals surface area (Å²) >= 11 is 0. The molecule has 0 aliphatic carbocycles. The van der Waals surface area contributed by atoms with Crippen molar-refractivity contribution in [1.29, 1.82) is 0 Å². The molecule has 2 rings (SSSR count). The van der Waals surface area contributed by atoms with Crippen LogP contribution in [0.3, 0.4) is 0 Å². The first-order valence-electron chi connectivity index (χ1n) is 24.3. The molecular formula is C51H89N3O3. The van der Waals surface area contributed by atoms with Gasteiger partial charge >= 0.3 is 0 Å². The summed E-state index contributed by atoms with van der Waals surface area (Å²) in [5.41, 5.74) is 6.04. The van der Waals surface area contributed by atoms with Gasteiger partial charge in [0, 0.05) is 17.8 Å². The third kappa shape index (κ3) is 26.8. The molecule has 0 saturated carbocycles. The fourth-order valence-electron chi connectivity index (χ4n) is 7.87. The Morgan fingerprint density at radius 1 is 0.509 bits per heavy atom. The van der Waals surface area contributed by atoms with Gasteiger partial charge in [-0.2, -0.15) is 0 Å². The number of rotatable bonds is 40. The highest BCUT2D eigenvalue weighted by Gasteiger charge is 2.13. The Bertz CT molecular complexity index is 1220. The molecule has 0 atom stereocenters. The van der Waals surface area contributed by atoms with Crippen LogP contribution in [-0.4, -0.2) is 19.1 Å². The number of anilines is 1. The summed E-state index contributed by atoms with van der Waals surface area (Å²) in [5, 5.41) is 3.07. The predicted molar refractivity (Wildman–Crippen MR) is 247 cm³/mol. The first-order chi connectivity index (χ1) is 28.1. The van der Waals surface area contributed by atoms with E-state index in [1.807, 2.05) is 0 Å². The fourth-order valence-corrected chi connectivity index (χ4v) is 7.87. The summed E-state index contributed by atoms with van der Waals surface area (Å²) in [6.07, 6.45) is 43.5. The van der Waals surface area contributed by atoms with Crippen LogP contribution in [0, 0.1) is 6.92 Å². The normalized spacial score (nSPS) is 11.2. The minimum Gasteiger partial charge on any atom is -0.490 e. The molecule has 0 bridgehead atoms. The number of benzene rings is 2. The van der Waals surface area contributed by atoms with Crippen LogP contribution in [0.1, 0.15) is 241 Å². The van der Waals surface area contributed by atoms with E-state index in [-0.39, 0.29) is 5.91 Å². The lowest BCUT2D eigenvalue weighted by atomic mass is 10.0. The zero-order valence-electron chi connectivity index (χ0n) is 37.5. The van der Waals surface area contributed by atoms with Gasteiger partial charge in [0.2, 0.25) is 0 Å². The fraction of sp³-hybridized carbons (Fsp3) is 0.745. The maximum absolute atomic E-state index is 12.9. The van der Waals surface area contributed by atoms with Crippen LogP contribution in [-0.2, 0) is 6.54 Å². The van der Waals surface area contributed by atoms with Crippen molar-refractivity contribution in [2.45, 2.75) is 233 Å². The number of nitrogen functional groups attached to an aromatic ring is 1. The van der Waals surface area contributed by atoms with Crippen molar-refractivity contribution in [2.75, 3.05) is 18.6 Å². The molecule has 0 heterocycles. The van der Waals surface area contributed by atoms with Crippen molar-refractivity contribution in [3.05, 3.63) is 53.1 Å². The van der Waals surface area contributed by atoms with Gasteiger partial charge in [0.15, 0.2) is 11.5 Å². The predicted octanol–water partition coefficient (Wildman–Crippen LogP) is 15.5. The van der Waals surface area contributed by atoms with Crippen molar-refractivity contribution >= 4 is 11.6 Å². The van der Waals surface area contributed by atoms with Crippen molar-refractivity contribution < 1.29 is 14.3 Å². The second kappa shape index (κ2) is 36.4. The number of nitrogens with one attached hydrogen (secondary N) is 2. The highest BCUT2D eigenvalue weighted by atomic mass is 16.5. The van der Waals surface area contributed by atoms with Gasteiger partial charge in [-0.25, -0.2) is 0 Å². The molecule has 0 aliphatic rings. The molecule has 0 unspecified atom stereocenters. The average Bonchev–Trinajstić information content (AvgIpc) is 3.22. The van der Waals surface area contributed by atoms with Crippen LogP contribution >= 0.6 is 0 Å². The lowest BCUT2D eigenvalue weighted by Gasteiger charge is -2.17. The molecule has 0 spiro atoms. The van der Waals surface area contributed by atoms with Gasteiger partial charge < -0.3 is 20.2 Å². The Labute approximate surface area is 352 Å². The van der Waals surface area contributed by atoms with Crippen LogP contribution in [0.25, 0.3) is 0 Å². The van der Waals surface area contributed by atoms with E-state index in [4.69, 9.17) is 15.3 Å². The summed E-state index contributed by atoms with van der Waals surface area (Å²) in [6.45, 7) is 8.49. The molecule has 2 aromatic carbocycles. The minimum absolute atomic E-state index is 0.115. The summed E-state index contributed by atoms with van der Waals surface area (Å²) in [5.74, 6) is 7.02. The number of carbonyl (C=O) groups is 1. The second-order valence-corrected chi connectivity index (χ2v) is 16.9. The van der Waals surface area contributed by atoms with Gasteiger partial charge in [0.05, 0.1) is 13.2 Å². The minimum atomic E-state index is -0.115. The average molecular weight is 792 g/mol. The van der Waals surface area contributed by atoms with Crippen LogP contribution in [0.2, 0.25) is 0 Å². The van der Waals surface area contributed by atoms with E-state index in [2.05, 4.69) is 43.6 Å². The van der Waals surface area contributed by atoms with Crippen LogP contribution in [0.4, 0.5) is 5.69 Å². The molecule has 57 heavy (non-hydrogen) atoms. The monoisotopic (exact) mass is 792 g/mol. The van der Waals surface area contributed by atoms with Gasteiger partial charge in [0.25, 0.3) is 5.91 Å². The topological polar surface area (TPSA) is 85.6 Å². The Morgan fingerprint density at radius 2 is 0.877 bits per heavy atom. The molecule has 0 fully saturated rings. The van der Waals surface area contributed by atoms with Crippen molar-refractivity contribution in [3.8, 4) is 11.5 Å². The second-order valence-electron chi connectivity index (χ2n) is 16.9. The number of hydrogen-bond acceptors (Lipinski definition) is 5. The number of nitrogens with two attached hydrogens (primary N) is 1. The highest BCUT2D eigenvalue weighted by Crippen LogP contribution is 2.33. The lowest BCUT2D eigenvalue weighted by Crippen LogP contribution is -2.23. The van der Waals surface area contributed by atoms with E-state index in [1.165, 1.54) is 193 Å².